The second-order valence-corrected chi connectivity index (χ2v) is 7.28. The molecule has 0 unspecified atom stereocenters. The van der Waals surface area contributed by atoms with Crippen LogP contribution in [0.2, 0.25) is 0 Å². The van der Waals surface area contributed by atoms with Crippen molar-refractivity contribution < 1.29 is 4.74 Å². The Labute approximate surface area is 94.6 Å². The number of hydrogen-bond acceptors (Lipinski definition) is 1. The molecule has 1 heteroatoms. The quantitative estimate of drug-likeness (QED) is 0.583. The maximum atomic E-state index is 6.21. The van der Waals surface area contributed by atoms with Gasteiger partial charge in [-0.05, 0) is 56.8 Å². The first kappa shape index (κ1) is 11.4. The van der Waals surface area contributed by atoms with Gasteiger partial charge in [-0.1, -0.05) is 20.8 Å². The monoisotopic (exact) mass is 210 g/mol. The van der Waals surface area contributed by atoms with Gasteiger partial charge in [0.25, 0.3) is 0 Å². The highest BCUT2D eigenvalue weighted by atomic mass is 16.5. The largest absolute Gasteiger partial charge is 0.372 e. The third-order valence-corrected chi connectivity index (χ3v) is 4.73. The number of ether oxygens (including phenoxy) is 1. The van der Waals surface area contributed by atoms with E-state index in [9.17, 15) is 0 Å². The molecule has 0 atom stereocenters. The lowest BCUT2D eigenvalue weighted by Gasteiger charge is -2.48. The van der Waals surface area contributed by atoms with Crippen molar-refractivity contribution in [2.24, 2.45) is 10.8 Å². The van der Waals surface area contributed by atoms with E-state index in [4.69, 9.17) is 4.74 Å². The second-order valence-electron chi connectivity index (χ2n) is 7.28. The van der Waals surface area contributed by atoms with Crippen LogP contribution in [0.5, 0.6) is 0 Å². The van der Waals surface area contributed by atoms with Crippen LogP contribution in [0.1, 0.15) is 66.7 Å². The van der Waals surface area contributed by atoms with Crippen molar-refractivity contribution >= 4 is 0 Å². The molecule has 1 aliphatic carbocycles. The molecule has 15 heavy (non-hydrogen) atoms. The molecule has 3 fully saturated rings. The molecule has 0 N–H and O–H groups in total. The highest BCUT2D eigenvalue weighted by Crippen LogP contribution is 2.57. The highest BCUT2D eigenvalue weighted by Gasteiger charge is 2.50. The molecule has 0 aromatic rings. The Balaban J connectivity index is 2.32. The summed E-state index contributed by atoms with van der Waals surface area (Å²) in [5, 5.41) is 0. The molecule has 2 aliphatic heterocycles. The van der Waals surface area contributed by atoms with Gasteiger partial charge in [-0.15, -0.1) is 0 Å². The van der Waals surface area contributed by atoms with Gasteiger partial charge in [-0.3, -0.25) is 0 Å². The summed E-state index contributed by atoms with van der Waals surface area (Å²) in [6.07, 6.45) is 7.06. The van der Waals surface area contributed by atoms with Gasteiger partial charge < -0.3 is 4.74 Å². The zero-order chi connectivity index (χ0) is 11.3. The Kier molecular flexibility index (Phi) is 2.46. The van der Waals surface area contributed by atoms with Crippen LogP contribution in [0, 0.1) is 10.8 Å². The lowest BCUT2D eigenvalue weighted by molar-refractivity contribution is -0.0663. The summed E-state index contributed by atoms with van der Waals surface area (Å²) >= 11 is 0. The van der Waals surface area contributed by atoms with Crippen LogP contribution in [0.15, 0.2) is 0 Å². The average Bonchev–Trinajstić information content (AvgIpc) is 2.25. The van der Waals surface area contributed by atoms with Gasteiger partial charge in [-0.2, -0.15) is 0 Å². The summed E-state index contributed by atoms with van der Waals surface area (Å²) in [6, 6.07) is 0. The zero-order valence-corrected chi connectivity index (χ0v) is 11.0. The lowest BCUT2D eigenvalue weighted by atomic mass is 9.56. The summed E-state index contributed by atoms with van der Waals surface area (Å²) < 4.78 is 6.21. The Morgan fingerprint density at radius 1 is 1.07 bits per heavy atom. The van der Waals surface area contributed by atoms with Gasteiger partial charge in [-0.25, -0.2) is 0 Å². The Morgan fingerprint density at radius 3 is 2.07 bits per heavy atom. The van der Waals surface area contributed by atoms with Crippen molar-refractivity contribution in [3.05, 3.63) is 0 Å². The van der Waals surface area contributed by atoms with E-state index in [1.165, 1.54) is 32.1 Å². The Bertz CT molecular complexity index is 239. The van der Waals surface area contributed by atoms with Gasteiger partial charge in [0.1, 0.15) is 0 Å². The van der Waals surface area contributed by atoms with E-state index in [1.54, 1.807) is 0 Å². The first-order valence-electron chi connectivity index (χ1n) is 6.42. The van der Waals surface area contributed by atoms with Crippen molar-refractivity contribution in [2.75, 3.05) is 0 Å². The van der Waals surface area contributed by atoms with Crippen molar-refractivity contribution in [3.8, 4) is 0 Å². The van der Waals surface area contributed by atoms with Crippen molar-refractivity contribution in [1.82, 2.24) is 0 Å². The first-order chi connectivity index (χ1) is 6.74. The molecule has 0 spiro atoms. The fraction of sp³-hybridized carbons (Fsp3) is 1.00. The molecular weight excluding hydrogens is 184 g/mol. The molecule has 3 rings (SSSR count). The van der Waals surface area contributed by atoms with Gasteiger partial charge in [0.2, 0.25) is 0 Å². The summed E-state index contributed by atoms with van der Waals surface area (Å²) in [7, 11) is 0. The van der Waals surface area contributed by atoms with Crippen molar-refractivity contribution in [2.45, 2.75) is 78.4 Å². The summed E-state index contributed by atoms with van der Waals surface area (Å²) in [6.45, 7) is 11.8. The predicted octanol–water partition coefficient (Wildman–Crippen LogP) is 4.16. The minimum Gasteiger partial charge on any atom is -0.372 e. The van der Waals surface area contributed by atoms with Gasteiger partial charge >= 0.3 is 0 Å². The third-order valence-electron chi connectivity index (χ3n) is 4.73. The molecule has 1 saturated carbocycles. The van der Waals surface area contributed by atoms with Crippen molar-refractivity contribution in [3.63, 3.8) is 0 Å². The van der Waals surface area contributed by atoms with Crippen molar-refractivity contribution in [1.29, 1.82) is 0 Å². The van der Waals surface area contributed by atoms with Crippen LogP contribution >= 0.6 is 0 Å². The standard InChI is InChI=1S/C14H26O/c1-12(2,3)14-8-6-11(7-9-14)15-13(4,5)10-14/h11H,6-10H2,1-5H3. The molecule has 2 saturated heterocycles. The molecule has 2 bridgehead atoms. The predicted molar refractivity (Wildman–Crippen MR) is 63.9 cm³/mol. The van der Waals surface area contributed by atoms with E-state index in [1.807, 2.05) is 0 Å². The van der Waals surface area contributed by atoms with E-state index >= 15 is 0 Å². The van der Waals surface area contributed by atoms with Crippen LogP contribution in [-0.4, -0.2) is 11.7 Å². The highest BCUT2D eigenvalue weighted by molar-refractivity contribution is 5.00. The number of hydrogen-bond donors (Lipinski definition) is 0. The van der Waals surface area contributed by atoms with E-state index < -0.39 is 0 Å². The Morgan fingerprint density at radius 2 is 1.60 bits per heavy atom. The van der Waals surface area contributed by atoms with Crippen LogP contribution in [-0.2, 0) is 4.74 Å². The molecule has 0 radical (unpaired) electrons. The molecule has 2 heterocycles. The molecule has 88 valence electrons. The lowest BCUT2D eigenvalue weighted by Crippen LogP contribution is -2.40. The molecular formula is C14H26O. The van der Waals surface area contributed by atoms with E-state index in [2.05, 4.69) is 34.6 Å². The first-order valence-corrected chi connectivity index (χ1v) is 6.42. The van der Waals surface area contributed by atoms with Crippen LogP contribution < -0.4 is 0 Å². The SMILES string of the molecule is CC1(C)CC2(C(C)(C)C)CCC(CC2)O1. The maximum absolute atomic E-state index is 6.21. The van der Waals surface area contributed by atoms with Gasteiger partial charge in [0.05, 0.1) is 11.7 Å². The van der Waals surface area contributed by atoms with Crippen LogP contribution in [0.3, 0.4) is 0 Å². The minimum atomic E-state index is 0.0882. The number of rotatable bonds is 0. The fourth-order valence-electron chi connectivity index (χ4n) is 3.76. The molecule has 0 amide bonds. The normalized spacial score (nSPS) is 40.2. The summed E-state index contributed by atoms with van der Waals surface area (Å²) in [5.41, 5.74) is 1.03. The average molecular weight is 210 g/mol. The summed E-state index contributed by atoms with van der Waals surface area (Å²) in [4.78, 5) is 0. The van der Waals surface area contributed by atoms with Gasteiger partial charge in [0.15, 0.2) is 0 Å². The third kappa shape index (κ3) is 1.95. The number of fused-ring (bicyclic) bond motifs is 4. The van der Waals surface area contributed by atoms with E-state index in [0.717, 1.165) is 0 Å². The molecule has 3 aliphatic rings. The molecule has 1 nitrogen and oxygen atoms in total. The smallest absolute Gasteiger partial charge is 0.0635 e. The topological polar surface area (TPSA) is 9.23 Å². The zero-order valence-electron chi connectivity index (χ0n) is 11.0. The van der Waals surface area contributed by atoms with E-state index in [0.29, 0.717) is 16.9 Å². The second kappa shape index (κ2) is 3.23. The van der Waals surface area contributed by atoms with Crippen LogP contribution in [0.25, 0.3) is 0 Å². The fourth-order valence-corrected chi connectivity index (χ4v) is 3.76. The Hall–Kier alpha value is -0.0400. The van der Waals surface area contributed by atoms with E-state index in [-0.39, 0.29) is 5.60 Å². The molecule has 0 aromatic carbocycles. The van der Waals surface area contributed by atoms with Gasteiger partial charge in [0, 0.05) is 0 Å². The molecule has 0 aromatic heterocycles. The summed E-state index contributed by atoms with van der Waals surface area (Å²) in [5.74, 6) is 0. The van der Waals surface area contributed by atoms with Crippen LogP contribution in [0.4, 0.5) is 0 Å². The maximum Gasteiger partial charge on any atom is 0.0635 e. The minimum absolute atomic E-state index is 0.0882.